The maximum absolute atomic E-state index is 11.0. The van der Waals surface area contributed by atoms with Gasteiger partial charge in [0.25, 0.3) is 0 Å². The maximum atomic E-state index is 11.0. The van der Waals surface area contributed by atoms with E-state index in [0.717, 1.165) is 0 Å². The lowest BCUT2D eigenvalue weighted by Gasteiger charge is -2.06. The standard InChI is InChI=1S/C8H11NO4/c1-5(10)4-7(11)9-6-2-3-13-8(6)12/h6H,2-4H2,1H3,(H,9,11)/t6-/m1/s1. The average molecular weight is 185 g/mol. The second-order valence-corrected chi connectivity index (χ2v) is 2.96. The highest BCUT2D eigenvalue weighted by Crippen LogP contribution is 2.05. The van der Waals surface area contributed by atoms with Gasteiger partial charge in [-0.25, -0.2) is 4.79 Å². The quantitative estimate of drug-likeness (QED) is 0.470. The Labute approximate surface area is 75.4 Å². The molecule has 0 aromatic heterocycles. The number of rotatable bonds is 3. The number of ketones is 1. The minimum Gasteiger partial charge on any atom is -0.464 e. The smallest absolute Gasteiger partial charge is 0.328 e. The minimum atomic E-state index is -0.563. The zero-order chi connectivity index (χ0) is 9.84. The highest BCUT2D eigenvalue weighted by Gasteiger charge is 2.27. The summed E-state index contributed by atoms with van der Waals surface area (Å²) < 4.78 is 4.63. The Morgan fingerprint density at radius 1 is 1.62 bits per heavy atom. The van der Waals surface area contributed by atoms with Crippen molar-refractivity contribution in [2.75, 3.05) is 6.61 Å². The first-order valence-electron chi connectivity index (χ1n) is 4.05. The van der Waals surface area contributed by atoms with Crippen molar-refractivity contribution in [3.63, 3.8) is 0 Å². The van der Waals surface area contributed by atoms with Crippen LogP contribution in [0.3, 0.4) is 0 Å². The third-order valence-corrected chi connectivity index (χ3v) is 1.68. The Balaban J connectivity index is 2.35. The van der Waals surface area contributed by atoms with Crippen molar-refractivity contribution < 1.29 is 19.1 Å². The van der Waals surface area contributed by atoms with E-state index in [9.17, 15) is 14.4 Å². The van der Waals surface area contributed by atoms with Crippen LogP contribution in [0.2, 0.25) is 0 Å². The van der Waals surface area contributed by atoms with Crippen molar-refractivity contribution in [3.8, 4) is 0 Å². The van der Waals surface area contributed by atoms with Gasteiger partial charge in [0.15, 0.2) is 0 Å². The van der Waals surface area contributed by atoms with Crippen LogP contribution in [-0.2, 0) is 19.1 Å². The summed E-state index contributed by atoms with van der Waals surface area (Å²) in [4.78, 5) is 32.4. The van der Waals surface area contributed by atoms with Crippen molar-refractivity contribution in [3.05, 3.63) is 0 Å². The predicted molar refractivity (Wildman–Crippen MR) is 42.8 cm³/mol. The summed E-state index contributed by atoms with van der Waals surface area (Å²) in [5.74, 6) is -1.06. The van der Waals surface area contributed by atoms with Gasteiger partial charge in [0.2, 0.25) is 5.91 Å². The van der Waals surface area contributed by atoms with E-state index >= 15 is 0 Å². The molecule has 1 rings (SSSR count). The van der Waals surface area contributed by atoms with Gasteiger partial charge >= 0.3 is 5.97 Å². The number of hydrogen-bond donors (Lipinski definition) is 1. The van der Waals surface area contributed by atoms with Gasteiger partial charge in [-0.05, 0) is 6.92 Å². The number of Topliss-reactive ketones (excluding diaryl/α,β-unsaturated/α-hetero) is 1. The van der Waals surface area contributed by atoms with Crippen LogP contribution in [0.1, 0.15) is 19.8 Å². The fourth-order valence-corrected chi connectivity index (χ4v) is 1.10. The Morgan fingerprint density at radius 2 is 2.31 bits per heavy atom. The molecule has 0 aromatic carbocycles. The zero-order valence-corrected chi connectivity index (χ0v) is 7.33. The van der Waals surface area contributed by atoms with Gasteiger partial charge in [0.05, 0.1) is 13.0 Å². The molecule has 0 spiro atoms. The number of carbonyl (C=O) groups excluding carboxylic acids is 3. The topological polar surface area (TPSA) is 72.5 Å². The molecule has 1 aliphatic heterocycles. The molecule has 5 nitrogen and oxygen atoms in total. The van der Waals surface area contributed by atoms with Gasteiger partial charge in [0, 0.05) is 6.42 Å². The Hall–Kier alpha value is -1.39. The van der Waals surface area contributed by atoms with Gasteiger partial charge in [-0.1, -0.05) is 0 Å². The second-order valence-electron chi connectivity index (χ2n) is 2.96. The number of nitrogens with one attached hydrogen (secondary N) is 1. The molecule has 0 bridgehead atoms. The first-order valence-corrected chi connectivity index (χ1v) is 4.05. The van der Waals surface area contributed by atoms with E-state index < -0.39 is 17.9 Å². The molecule has 0 radical (unpaired) electrons. The molecule has 0 unspecified atom stereocenters. The van der Waals surface area contributed by atoms with Crippen LogP contribution in [0.5, 0.6) is 0 Å². The molecule has 0 aromatic rings. The molecular weight excluding hydrogens is 174 g/mol. The number of carbonyl (C=O) groups is 3. The van der Waals surface area contributed by atoms with Gasteiger partial charge < -0.3 is 10.1 Å². The van der Waals surface area contributed by atoms with Gasteiger partial charge in [-0.3, -0.25) is 9.59 Å². The molecule has 1 N–H and O–H groups in total. The summed E-state index contributed by atoms with van der Waals surface area (Å²) in [6.45, 7) is 1.66. The first kappa shape index (κ1) is 9.70. The highest BCUT2D eigenvalue weighted by atomic mass is 16.5. The third kappa shape index (κ3) is 2.85. The third-order valence-electron chi connectivity index (χ3n) is 1.68. The summed E-state index contributed by atoms with van der Waals surface area (Å²) >= 11 is 0. The van der Waals surface area contributed by atoms with Crippen LogP contribution in [0, 0.1) is 0 Å². The van der Waals surface area contributed by atoms with E-state index in [2.05, 4.69) is 10.1 Å². The van der Waals surface area contributed by atoms with Crippen molar-refractivity contribution in [2.24, 2.45) is 0 Å². The summed E-state index contributed by atoms with van der Waals surface area (Å²) in [5, 5.41) is 2.43. The lowest BCUT2D eigenvalue weighted by molar-refractivity contribution is -0.141. The van der Waals surface area contributed by atoms with E-state index in [1.54, 1.807) is 0 Å². The summed E-state index contributed by atoms with van der Waals surface area (Å²) in [6.07, 6.45) is 0.312. The number of amides is 1. The molecule has 13 heavy (non-hydrogen) atoms. The SMILES string of the molecule is CC(=O)CC(=O)N[C@@H]1CCOC1=O. The molecule has 0 aliphatic carbocycles. The molecule has 72 valence electrons. The largest absolute Gasteiger partial charge is 0.464 e. The molecular formula is C8H11NO4. The molecule has 1 heterocycles. The van der Waals surface area contributed by atoms with E-state index in [1.165, 1.54) is 6.92 Å². The lowest BCUT2D eigenvalue weighted by Crippen LogP contribution is -2.38. The number of esters is 1. The number of ether oxygens (including phenoxy) is 1. The van der Waals surface area contributed by atoms with E-state index in [0.29, 0.717) is 13.0 Å². The Bertz CT molecular complexity index is 249. The maximum Gasteiger partial charge on any atom is 0.328 e. The lowest BCUT2D eigenvalue weighted by atomic mass is 10.2. The normalized spacial score (nSPS) is 21.0. The highest BCUT2D eigenvalue weighted by molar-refractivity contribution is 5.98. The van der Waals surface area contributed by atoms with Crippen LogP contribution < -0.4 is 5.32 Å². The summed E-state index contributed by atoms with van der Waals surface area (Å²) in [7, 11) is 0. The molecule has 1 fully saturated rings. The van der Waals surface area contributed by atoms with Crippen molar-refractivity contribution >= 4 is 17.7 Å². The van der Waals surface area contributed by atoms with Crippen LogP contribution in [-0.4, -0.2) is 30.3 Å². The molecule has 1 atom stereocenters. The van der Waals surface area contributed by atoms with Crippen LogP contribution in [0.25, 0.3) is 0 Å². The fraction of sp³-hybridized carbons (Fsp3) is 0.625. The summed E-state index contributed by atoms with van der Waals surface area (Å²) in [5.41, 5.74) is 0. The van der Waals surface area contributed by atoms with Crippen LogP contribution >= 0.6 is 0 Å². The molecule has 5 heteroatoms. The van der Waals surface area contributed by atoms with Crippen molar-refractivity contribution in [1.29, 1.82) is 0 Å². The van der Waals surface area contributed by atoms with Gasteiger partial charge in [0.1, 0.15) is 11.8 Å². The average Bonchev–Trinajstić information content (AvgIpc) is 2.34. The Kier molecular flexibility index (Phi) is 3.00. The van der Waals surface area contributed by atoms with Gasteiger partial charge in [-0.2, -0.15) is 0 Å². The molecule has 1 amide bonds. The Morgan fingerprint density at radius 3 is 2.77 bits per heavy atom. The van der Waals surface area contributed by atoms with Crippen molar-refractivity contribution in [1.82, 2.24) is 5.32 Å². The van der Waals surface area contributed by atoms with E-state index in [-0.39, 0.29) is 12.2 Å². The molecule has 0 saturated carbocycles. The second kappa shape index (κ2) is 4.02. The predicted octanol–water partition coefficient (Wildman–Crippen LogP) is -0.603. The van der Waals surface area contributed by atoms with E-state index in [1.807, 2.05) is 0 Å². The van der Waals surface area contributed by atoms with Crippen LogP contribution in [0.4, 0.5) is 0 Å². The number of cyclic esters (lactones) is 1. The first-order chi connectivity index (χ1) is 6.09. The van der Waals surface area contributed by atoms with E-state index in [4.69, 9.17) is 0 Å². The summed E-state index contributed by atoms with van der Waals surface area (Å²) in [6, 6.07) is -0.563. The van der Waals surface area contributed by atoms with Gasteiger partial charge in [-0.15, -0.1) is 0 Å². The monoisotopic (exact) mass is 185 g/mol. The fourth-order valence-electron chi connectivity index (χ4n) is 1.10. The number of hydrogen-bond acceptors (Lipinski definition) is 4. The minimum absolute atomic E-state index is 0.177. The molecule has 1 saturated heterocycles. The van der Waals surface area contributed by atoms with Crippen LogP contribution in [0.15, 0.2) is 0 Å². The van der Waals surface area contributed by atoms with Crippen molar-refractivity contribution in [2.45, 2.75) is 25.8 Å². The zero-order valence-electron chi connectivity index (χ0n) is 7.33. The molecule has 1 aliphatic rings.